The molecule has 0 radical (unpaired) electrons. The molecule has 0 bridgehead atoms. The molecule has 1 fully saturated rings. The predicted octanol–water partition coefficient (Wildman–Crippen LogP) is 5.69. The largest absolute Gasteiger partial charge is 0.494 e. The van der Waals surface area contributed by atoms with Crippen LogP contribution in [0.25, 0.3) is 22.2 Å². The van der Waals surface area contributed by atoms with E-state index in [1.807, 2.05) is 0 Å². The van der Waals surface area contributed by atoms with E-state index in [-0.39, 0.29) is 47.7 Å². The number of carbonyl (C=O) groups excluding carboxylic acids is 1. The van der Waals surface area contributed by atoms with E-state index in [0.717, 1.165) is 12.1 Å². The average Bonchev–Trinajstić information content (AvgIpc) is 3.67. The number of amides is 1. The molecule has 1 amide bonds. The number of nitrogens with two attached hydrogens (primary N) is 1. The van der Waals surface area contributed by atoms with Crippen molar-refractivity contribution in [1.29, 1.82) is 0 Å². The molecular weight excluding hydrogens is 653 g/mol. The Hall–Kier alpha value is -3.45. The van der Waals surface area contributed by atoms with Crippen molar-refractivity contribution >= 4 is 44.3 Å². The zero-order chi connectivity index (χ0) is 30.9. The fourth-order valence-corrected chi connectivity index (χ4v) is 5.81. The van der Waals surface area contributed by atoms with Crippen molar-refractivity contribution in [3.8, 4) is 22.8 Å². The van der Waals surface area contributed by atoms with Crippen LogP contribution in [0.2, 0.25) is 5.02 Å². The van der Waals surface area contributed by atoms with Gasteiger partial charge in [-0.05, 0) is 72.1 Å². The number of hydrogen-bond donors (Lipinski definition) is 3. The van der Waals surface area contributed by atoms with Crippen LogP contribution in [0.1, 0.15) is 41.4 Å². The molecule has 0 saturated heterocycles. The number of methoxy groups -OCH3 is 1. The lowest BCUT2D eigenvalue weighted by molar-refractivity contribution is -0.0566. The van der Waals surface area contributed by atoms with Crippen molar-refractivity contribution in [2.75, 3.05) is 20.3 Å². The first-order valence-corrected chi connectivity index (χ1v) is 14.4. The summed E-state index contributed by atoms with van der Waals surface area (Å²) >= 11 is 9.21. The van der Waals surface area contributed by atoms with E-state index < -0.39 is 45.9 Å². The molecular formula is C30H25BrClF3N4O4. The Morgan fingerprint density at radius 3 is 2.72 bits per heavy atom. The highest BCUT2D eigenvalue weighted by Crippen LogP contribution is 2.54. The van der Waals surface area contributed by atoms with Crippen molar-refractivity contribution < 1.29 is 32.5 Å². The van der Waals surface area contributed by atoms with Gasteiger partial charge in [0.05, 0.1) is 24.9 Å². The number of alkyl halides is 1. The van der Waals surface area contributed by atoms with Crippen LogP contribution in [-0.2, 0) is 11.1 Å². The first-order valence-electron chi connectivity index (χ1n) is 13.2. The molecule has 1 aliphatic heterocycles. The molecule has 3 heterocycles. The number of ether oxygens (including phenoxy) is 2. The third-order valence-electron chi connectivity index (χ3n) is 7.95. The highest BCUT2D eigenvalue weighted by molar-refractivity contribution is 9.10. The summed E-state index contributed by atoms with van der Waals surface area (Å²) in [6.07, 6.45) is 1.58. The molecule has 1 saturated carbocycles. The van der Waals surface area contributed by atoms with Gasteiger partial charge in [-0.3, -0.25) is 9.78 Å². The van der Waals surface area contributed by atoms with Crippen molar-refractivity contribution in [2.24, 2.45) is 5.73 Å². The van der Waals surface area contributed by atoms with E-state index in [2.05, 4.69) is 31.2 Å². The van der Waals surface area contributed by atoms with Crippen molar-refractivity contribution in [2.45, 2.75) is 36.6 Å². The quantitative estimate of drug-likeness (QED) is 0.215. The Bertz CT molecular complexity index is 1820. The minimum Gasteiger partial charge on any atom is -0.494 e. The summed E-state index contributed by atoms with van der Waals surface area (Å²) in [5, 5.41) is 14.5. The summed E-state index contributed by atoms with van der Waals surface area (Å²) < 4.78 is 57.1. The second kappa shape index (κ2) is 10.3. The molecule has 1 aliphatic carbocycles. The van der Waals surface area contributed by atoms with Crippen molar-refractivity contribution in [3.05, 3.63) is 80.5 Å². The molecule has 2 atom stereocenters. The molecule has 4 N–H and O–H groups in total. The van der Waals surface area contributed by atoms with Crippen molar-refractivity contribution in [3.63, 3.8) is 0 Å². The van der Waals surface area contributed by atoms with E-state index in [1.54, 1.807) is 25.3 Å². The second-order valence-corrected chi connectivity index (χ2v) is 12.4. The van der Waals surface area contributed by atoms with Gasteiger partial charge in [0.25, 0.3) is 5.91 Å². The number of nitrogens with zero attached hydrogens (tertiary/aromatic N) is 2. The molecule has 6 rings (SSSR count). The summed E-state index contributed by atoms with van der Waals surface area (Å²) in [4.78, 5) is 22.1. The van der Waals surface area contributed by atoms with E-state index in [0.29, 0.717) is 26.7 Å². The lowest BCUT2D eigenvalue weighted by atomic mass is 9.86. The molecule has 224 valence electrons. The summed E-state index contributed by atoms with van der Waals surface area (Å²) in [5.74, 6) is -2.25. The van der Waals surface area contributed by atoms with Crippen LogP contribution >= 0.6 is 27.5 Å². The van der Waals surface area contributed by atoms with E-state index in [1.165, 1.54) is 19.2 Å². The van der Waals surface area contributed by atoms with Crippen LogP contribution < -0.4 is 20.5 Å². The van der Waals surface area contributed by atoms with Crippen LogP contribution in [0.15, 0.2) is 47.1 Å². The molecule has 0 unspecified atom stereocenters. The number of pyridine rings is 2. The van der Waals surface area contributed by atoms with Gasteiger partial charge in [-0.2, -0.15) is 0 Å². The number of rotatable bonds is 7. The number of nitrogens with one attached hydrogen (secondary N) is 1. The lowest BCUT2D eigenvalue weighted by Crippen LogP contribution is -2.49. The van der Waals surface area contributed by atoms with E-state index in [4.69, 9.17) is 26.8 Å². The topological polar surface area (TPSA) is 120 Å². The second-order valence-electron chi connectivity index (χ2n) is 11.1. The van der Waals surface area contributed by atoms with Gasteiger partial charge >= 0.3 is 0 Å². The number of aromatic nitrogens is 2. The smallest absolute Gasteiger partial charge is 0.251 e. The van der Waals surface area contributed by atoms with Crippen LogP contribution in [-0.4, -0.2) is 46.9 Å². The van der Waals surface area contributed by atoms with E-state index >= 15 is 8.78 Å². The van der Waals surface area contributed by atoms with Crippen LogP contribution in [0.4, 0.5) is 13.2 Å². The maximum atomic E-state index is 16.1. The van der Waals surface area contributed by atoms with Gasteiger partial charge in [-0.15, -0.1) is 0 Å². The van der Waals surface area contributed by atoms with Gasteiger partial charge in [0, 0.05) is 32.7 Å². The number of halogens is 5. The molecule has 8 nitrogen and oxygen atoms in total. The minimum atomic E-state index is -2.35. The summed E-state index contributed by atoms with van der Waals surface area (Å²) in [6, 6.07) is 8.35. The first-order chi connectivity index (χ1) is 20.3. The molecule has 2 aromatic carbocycles. The van der Waals surface area contributed by atoms with Crippen LogP contribution in [0.5, 0.6) is 11.5 Å². The molecule has 13 heteroatoms. The fraction of sp³-hybridized carbons (Fsp3) is 0.300. The van der Waals surface area contributed by atoms with Crippen LogP contribution in [0, 0.1) is 11.6 Å². The molecule has 2 aromatic heterocycles. The number of carbonyl (C=O) groups is 1. The van der Waals surface area contributed by atoms with Gasteiger partial charge in [-0.25, -0.2) is 18.2 Å². The van der Waals surface area contributed by atoms with Crippen molar-refractivity contribution in [1.82, 2.24) is 15.3 Å². The third-order valence-corrected chi connectivity index (χ3v) is 8.73. The Balaban J connectivity index is 1.42. The van der Waals surface area contributed by atoms with Gasteiger partial charge in [0.1, 0.15) is 40.1 Å². The summed E-state index contributed by atoms with van der Waals surface area (Å²) in [7, 11) is 1.45. The molecule has 2 aliphatic rings. The predicted molar refractivity (Wildman–Crippen MR) is 157 cm³/mol. The highest BCUT2D eigenvalue weighted by atomic mass is 79.9. The standard InChI is InChI=1S/C30H25BrClF3N4O4/c1-28(36)13-43-26-18(28)10-21(39-25(26)17-3-4-19(33)22(32)23(17)34)30(41,29(35)5-6-29)12-38-27(40)15-7-14-8-16(31)11-37-24(14)20(9-15)42-2/h3-4,7-11,41H,5-6,12-13,36H2,1-2H3,(H,38,40)/t28-,30-/m0/s1. The Labute approximate surface area is 257 Å². The fourth-order valence-electron chi connectivity index (χ4n) is 5.30. The van der Waals surface area contributed by atoms with Gasteiger partial charge < -0.3 is 25.6 Å². The number of benzene rings is 2. The average molecular weight is 678 g/mol. The molecule has 43 heavy (non-hydrogen) atoms. The zero-order valence-electron chi connectivity index (χ0n) is 22.9. The lowest BCUT2D eigenvalue weighted by Gasteiger charge is -2.33. The first kappa shape index (κ1) is 29.6. The number of fused-ring (bicyclic) bond motifs is 2. The number of aliphatic hydroxyl groups is 1. The van der Waals surface area contributed by atoms with Gasteiger partial charge in [0.15, 0.2) is 17.2 Å². The number of hydrogen-bond acceptors (Lipinski definition) is 7. The molecule has 0 spiro atoms. The molecule has 4 aromatic rings. The highest BCUT2D eigenvalue weighted by Gasteiger charge is 2.62. The van der Waals surface area contributed by atoms with Gasteiger partial charge in [0.2, 0.25) is 0 Å². The van der Waals surface area contributed by atoms with Gasteiger partial charge in [-0.1, -0.05) is 11.6 Å². The normalized spacial score (nSPS) is 19.8. The van der Waals surface area contributed by atoms with Crippen LogP contribution in [0.3, 0.4) is 0 Å². The maximum absolute atomic E-state index is 16.1. The summed E-state index contributed by atoms with van der Waals surface area (Å²) in [5.41, 5.74) is 1.33. The van der Waals surface area contributed by atoms with E-state index in [9.17, 15) is 14.3 Å². The third kappa shape index (κ3) is 4.90. The monoisotopic (exact) mass is 676 g/mol. The Kier molecular flexibility index (Phi) is 7.11. The minimum absolute atomic E-state index is 0.00983. The SMILES string of the molecule is COc1cc(C(=O)NC[C@](O)(c2cc3c(c(-c4ccc(F)c(Cl)c4F)n2)OC[C@]3(C)N)C2(F)CC2)cc2cc(Br)cnc12. The Morgan fingerprint density at radius 2 is 2.02 bits per heavy atom. The Morgan fingerprint density at radius 1 is 1.28 bits per heavy atom. The summed E-state index contributed by atoms with van der Waals surface area (Å²) in [6.45, 7) is 1.06. The maximum Gasteiger partial charge on any atom is 0.251 e. The zero-order valence-corrected chi connectivity index (χ0v) is 25.2.